The van der Waals surface area contributed by atoms with Gasteiger partial charge < -0.3 is 9.84 Å². The summed E-state index contributed by atoms with van der Waals surface area (Å²) in [7, 11) is 0. The fourth-order valence-electron chi connectivity index (χ4n) is 1.45. The molecule has 0 aliphatic rings. The van der Waals surface area contributed by atoms with Crippen molar-refractivity contribution < 1.29 is 9.84 Å². The Bertz CT molecular complexity index is 307. The Morgan fingerprint density at radius 2 is 1.75 bits per heavy atom. The average molecular weight is 222 g/mol. The van der Waals surface area contributed by atoms with Crippen LogP contribution in [0.2, 0.25) is 0 Å². The Balaban J connectivity index is 2.52. The summed E-state index contributed by atoms with van der Waals surface area (Å²) in [6.45, 7) is 9.28. The molecule has 0 aliphatic heterocycles. The highest BCUT2D eigenvalue weighted by molar-refractivity contribution is 5.27. The van der Waals surface area contributed by atoms with Gasteiger partial charge in [0.15, 0.2) is 0 Å². The number of ether oxygens (including phenoxy) is 1. The third kappa shape index (κ3) is 4.33. The van der Waals surface area contributed by atoms with E-state index in [0.29, 0.717) is 13.2 Å². The van der Waals surface area contributed by atoms with E-state index in [0.717, 1.165) is 5.56 Å². The van der Waals surface area contributed by atoms with Gasteiger partial charge in [0.1, 0.15) is 0 Å². The molecule has 90 valence electrons. The van der Waals surface area contributed by atoms with E-state index in [1.54, 1.807) is 6.92 Å². The zero-order chi connectivity index (χ0) is 12.2. The highest BCUT2D eigenvalue weighted by Crippen LogP contribution is 2.22. The SMILES string of the molecule is CC(O)COCc1ccc(C(C)(C)C)cc1. The average Bonchev–Trinajstić information content (AvgIpc) is 2.16. The number of rotatable bonds is 4. The first-order chi connectivity index (χ1) is 7.39. The lowest BCUT2D eigenvalue weighted by molar-refractivity contribution is 0.0376. The van der Waals surface area contributed by atoms with Crippen LogP contribution in [-0.4, -0.2) is 17.8 Å². The third-order valence-corrected chi connectivity index (χ3v) is 2.45. The molecule has 0 heterocycles. The van der Waals surface area contributed by atoms with Crippen LogP contribution < -0.4 is 0 Å². The molecule has 1 aromatic rings. The zero-order valence-electron chi connectivity index (χ0n) is 10.7. The molecule has 0 aromatic heterocycles. The maximum absolute atomic E-state index is 9.06. The minimum absolute atomic E-state index is 0.193. The second-order valence-electron chi connectivity index (χ2n) is 5.31. The maximum atomic E-state index is 9.06. The Hall–Kier alpha value is -0.860. The molecule has 2 nitrogen and oxygen atoms in total. The van der Waals surface area contributed by atoms with E-state index in [4.69, 9.17) is 9.84 Å². The molecule has 0 amide bonds. The number of benzene rings is 1. The molecule has 1 unspecified atom stereocenters. The Labute approximate surface area is 98.3 Å². The van der Waals surface area contributed by atoms with E-state index in [2.05, 4.69) is 45.0 Å². The molecule has 0 fully saturated rings. The second-order valence-corrected chi connectivity index (χ2v) is 5.31. The predicted octanol–water partition coefficient (Wildman–Crippen LogP) is 2.88. The first kappa shape index (κ1) is 13.2. The fourth-order valence-corrected chi connectivity index (χ4v) is 1.45. The molecule has 0 spiro atoms. The van der Waals surface area contributed by atoms with E-state index in [1.807, 2.05) is 0 Å². The van der Waals surface area contributed by atoms with Crippen molar-refractivity contribution in [3.8, 4) is 0 Å². The first-order valence-corrected chi connectivity index (χ1v) is 5.75. The van der Waals surface area contributed by atoms with Crippen LogP contribution in [0.25, 0.3) is 0 Å². The van der Waals surface area contributed by atoms with Crippen LogP contribution >= 0.6 is 0 Å². The third-order valence-electron chi connectivity index (χ3n) is 2.45. The van der Waals surface area contributed by atoms with E-state index in [-0.39, 0.29) is 5.41 Å². The largest absolute Gasteiger partial charge is 0.391 e. The number of aliphatic hydroxyl groups excluding tert-OH is 1. The number of hydrogen-bond donors (Lipinski definition) is 1. The van der Waals surface area contributed by atoms with Gasteiger partial charge in [-0.1, -0.05) is 45.0 Å². The smallest absolute Gasteiger partial charge is 0.0745 e. The normalized spacial score (nSPS) is 13.8. The molecular weight excluding hydrogens is 200 g/mol. The van der Waals surface area contributed by atoms with Crippen LogP contribution in [-0.2, 0) is 16.8 Å². The summed E-state index contributed by atoms with van der Waals surface area (Å²) in [5.41, 5.74) is 2.67. The summed E-state index contributed by atoms with van der Waals surface area (Å²) in [4.78, 5) is 0. The summed E-state index contributed by atoms with van der Waals surface area (Å²) in [6.07, 6.45) is -0.395. The second kappa shape index (κ2) is 5.46. The van der Waals surface area contributed by atoms with Crippen LogP contribution in [0.1, 0.15) is 38.8 Å². The summed E-state index contributed by atoms with van der Waals surface area (Å²) < 4.78 is 5.36. The predicted molar refractivity (Wildman–Crippen MR) is 66.5 cm³/mol. The molecule has 0 saturated heterocycles. The van der Waals surface area contributed by atoms with Gasteiger partial charge in [0.25, 0.3) is 0 Å². The number of hydrogen-bond acceptors (Lipinski definition) is 2. The van der Waals surface area contributed by atoms with E-state index < -0.39 is 6.10 Å². The molecule has 0 saturated carbocycles. The van der Waals surface area contributed by atoms with Crippen molar-refractivity contribution in [3.63, 3.8) is 0 Å². The molecule has 1 aromatic carbocycles. The monoisotopic (exact) mass is 222 g/mol. The summed E-state index contributed by atoms with van der Waals surface area (Å²) >= 11 is 0. The molecular formula is C14H22O2. The Morgan fingerprint density at radius 3 is 2.19 bits per heavy atom. The lowest BCUT2D eigenvalue weighted by atomic mass is 9.87. The van der Waals surface area contributed by atoms with E-state index in [9.17, 15) is 0 Å². The van der Waals surface area contributed by atoms with Gasteiger partial charge in [-0.05, 0) is 23.5 Å². The Morgan fingerprint density at radius 1 is 1.19 bits per heavy atom. The quantitative estimate of drug-likeness (QED) is 0.848. The molecule has 0 bridgehead atoms. The van der Waals surface area contributed by atoms with Gasteiger partial charge in [-0.2, -0.15) is 0 Å². The topological polar surface area (TPSA) is 29.5 Å². The lowest BCUT2D eigenvalue weighted by Gasteiger charge is -2.19. The lowest BCUT2D eigenvalue weighted by Crippen LogP contribution is -2.11. The molecule has 16 heavy (non-hydrogen) atoms. The summed E-state index contributed by atoms with van der Waals surface area (Å²) in [5, 5.41) is 9.06. The van der Waals surface area contributed by atoms with Crippen LogP contribution in [0.3, 0.4) is 0 Å². The van der Waals surface area contributed by atoms with E-state index in [1.165, 1.54) is 5.56 Å². The van der Waals surface area contributed by atoms with Crippen molar-refractivity contribution >= 4 is 0 Å². The molecule has 2 heteroatoms. The van der Waals surface area contributed by atoms with Gasteiger partial charge in [0.05, 0.1) is 19.3 Å². The van der Waals surface area contributed by atoms with Crippen molar-refractivity contribution in [1.82, 2.24) is 0 Å². The summed E-state index contributed by atoms with van der Waals surface area (Å²) in [5.74, 6) is 0. The maximum Gasteiger partial charge on any atom is 0.0745 e. The van der Waals surface area contributed by atoms with E-state index >= 15 is 0 Å². The van der Waals surface area contributed by atoms with Crippen LogP contribution in [0.4, 0.5) is 0 Å². The molecule has 0 radical (unpaired) electrons. The molecule has 1 atom stereocenters. The number of aliphatic hydroxyl groups is 1. The molecule has 0 aliphatic carbocycles. The highest BCUT2D eigenvalue weighted by atomic mass is 16.5. The van der Waals surface area contributed by atoms with Crippen LogP contribution in [0, 0.1) is 0 Å². The van der Waals surface area contributed by atoms with Crippen molar-refractivity contribution in [2.45, 2.75) is 45.8 Å². The molecule has 1 rings (SSSR count). The van der Waals surface area contributed by atoms with Gasteiger partial charge in [0.2, 0.25) is 0 Å². The van der Waals surface area contributed by atoms with Crippen molar-refractivity contribution in [1.29, 1.82) is 0 Å². The van der Waals surface area contributed by atoms with Gasteiger partial charge in [-0.15, -0.1) is 0 Å². The molecule has 1 N–H and O–H groups in total. The minimum atomic E-state index is -0.395. The van der Waals surface area contributed by atoms with Crippen molar-refractivity contribution in [2.24, 2.45) is 0 Å². The van der Waals surface area contributed by atoms with Gasteiger partial charge in [-0.25, -0.2) is 0 Å². The fraction of sp³-hybridized carbons (Fsp3) is 0.571. The standard InChI is InChI=1S/C14H22O2/c1-11(15)9-16-10-12-5-7-13(8-6-12)14(2,3)4/h5-8,11,15H,9-10H2,1-4H3. The Kier molecular flexibility index (Phi) is 4.51. The minimum Gasteiger partial charge on any atom is -0.391 e. The summed E-state index contributed by atoms with van der Waals surface area (Å²) in [6, 6.07) is 8.45. The van der Waals surface area contributed by atoms with Gasteiger partial charge >= 0.3 is 0 Å². The highest BCUT2D eigenvalue weighted by Gasteiger charge is 2.12. The van der Waals surface area contributed by atoms with Crippen molar-refractivity contribution in [3.05, 3.63) is 35.4 Å². The first-order valence-electron chi connectivity index (χ1n) is 5.75. The van der Waals surface area contributed by atoms with Crippen LogP contribution in [0.15, 0.2) is 24.3 Å². The van der Waals surface area contributed by atoms with Crippen LogP contribution in [0.5, 0.6) is 0 Å². The zero-order valence-corrected chi connectivity index (χ0v) is 10.7. The van der Waals surface area contributed by atoms with Crippen molar-refractivity contribution in [2.75, 3.05) is 6.61 Å². The van der Waals surface area contributed by atoms with Gasteiger partial charge in [-0.3, -0.25) is 0 Å². The van der Waals surface area contributed by atoms with Gasteiger partial charge in [0, 0.05) is 0 Å².